The van der Waals surface area contributed by atoms with Crippen molar-refractivity contribution >= 4 is 12.6 Å². The Morgan fingerprint density at radius 1 is 0.889 bits per heavy atom. The van der Waals surface area contributed by atoms with E-state index in [0.29, 0.717) is 11.3 Å². The highest BCUT2D eigenvalue weighted by atomic mass is 32.1. The van der Waals surface area contributed by atoms with E-state index in [1.807, 2.05) is 13.8 Å². The molecule has 0 spiro atoms. The van der Waals surface area contributed by atoms with Crippen LogP contribution in [0.25, 0.3) is 0 Å². The molecule has 2 heteroatoms. The lowest BCUT2D eigenvalue weighted by Crippen LogP contribution is -2.48. The van der Waals surface area contributed by atoms with E-state index in [1.165, 1.54) is 0 Å². The molecule has 0 heterocycles. The van der Waals surface area contributed by atoms with Gasteiger partial charge in [0.2, 0.25) is 0 Å². The molecule has 0 aliphatic heterocycles. The van der Waals surface area contributed by atoms with Crippen molar-refractivity contribution in [3.63, 3.8) is 0 Å². The van der Waals surface area contributed by atoms with Crippen molar-refractivity contribution in [2.75, 3.05) is 0 Å². The summed E-state index contributed by atoms with van der Waals surface area (Å²) in [5, 5.41) is 0. The van der Waals surface area contributed by atoms with Crippen LogP contribution in [0.5, 0.6) is 0 Å². The molecule has 0 aliphatic rings. The molecule has 0 amide bonds. The van der Waals surface area contributed by atoms with Crippen LogP contribution in [0.4, 0.5) is 0 Å². The van der Waals surface area contributed by atoms with E-state index in [0.717, 1.165) is 6.42 Å². The Labute approximate surface area is 120 Å². The summed E-state index contributed by atoms with van der Waals surface area (Å²) in [5.74, 6) is 0.664. The molecule has 0 bridgehead atoms. The Morgan fingerprint density at radius 3 is 1.56 bits per heavy atom. The smallest absolute Gasteiger partial charge is 0.106 e. The van der Waals surface area contributed by atoms with Gasteiger partial charge in [0.15, 0.2) is 0 Å². The molecular formula is C16H34OS. The Bertz CT molecular complexity index is 269. The maximum atomic E-state index is 6.18. The van der Waals surface area contributed by atoms with Crippen molar-refractivity contribution in [1.82, 2.24) is 0 Å². The first kappa shape index (κ1) is 18.3. The Hall–Kier alpha value is 0.310. The molecule has 18 heavy (non-hydrogen) atoms. The highest BCUT2D eigenvalue weighted by Crippen LogP contribution is 2.47. The van der Waals surface area contributed by atoms with Gasteiger partial charge >= 0.3 is 0 Å². The summed E-state index contributed by atoms with van der Waals surface area (Å²) in [4.78, 5) is -0.400. The van der Waals surface area contributed by atoms with Gasteiger partial charge in [-0.3, -0.25) is 0 Å². The standard InChI is InChI=1S/C16H34OS/c1-12(2)13(3,4)11-14(5,6)15(7,8)17-16(9,10)18/h12,18H,11H2,1-10H3. The predicted molar refractivity (Wildman–Crippen MR) is 85.2 cm³/mol. The zero-order valence-corrected chi connectivity index (χ0v) is 15.0. The van der Waals surface area contributed by atoms with Gasteiger partial charge in [0.05, 0.1) is 5.60 Å². The van der Waals surface area contributed by atoms with E-state index in [-0.39, 0.29) is 11.0 Å². The molecule has 1 nitrogen and oxygen atoms in total. The quantitative estimate of drug-likeness (QED) is 0.494. The van der Waals surface area contributed by atoms with Gasteiger partial charge in [-0.25, -0.2) is 0 Å². The summed E-state index contributed by atoms with van der Waals surface area (Å²) in [6, 6.07) is 0. The van der Waals surface area contributed by atoms with Crippen molar-refractivity contribution in [1.29, 1.82) is 0 Å². The van der Waals surface area contributed by atoms with Gasteiger partial charge in [0.1, 0.15) is 4.93 Å². The molecular weight excluding hydrogens is 240 g/mol. The minimum Gasteiger partial charge on any atom is -0.359 e. The first-order chi connectivity index (χ1) is 7.61. The van der Waals surface area contributed by atoms with Crippen molar-refractivity contribution in [2.24, 2.45) is 16.7 Å². The first-order valence-electron chi connectivity index (χ1n) is 7.03. The second-order valence-corrected chi connectivity index (χ2v) is 9.34. The number of hydrogen-bond donors (Lipinski definition) is 1. The van der Waals surface area contributed by atoms with Gasteiger partial charge < -0.3 is 4.74 Å². The van der Waals surface area contributed by atoms with Gasteiger partial charge in [-0.2, -0.15) is 0 Å². The monoisotopic (exact) mass is 274 g/mol. The zero-order chi connectivity index (χ0) is 15.0. The third kappa shape index (κ3) is 5.13. The predicted octanol–water partition coefficient (Wildman–Crippen LogP) is 5.55. The van der Waals surface area contributed by atoms with Crippen LogP contribution in [0.2, 0.25) is 0 Å². The van der Waals surface area contributed by atoms with Crippen LogP contribution in [-0.2, 0) is 4.74 Å². The largest absolute Gasteiger partial charge is 0.359 e. The fourth-order valence-corrected chi connectivity index (χ4v) is 2.55. The fourth-order valence-electron chi connectivity index (χ4n) is 2.32. The minimum atomic E-state index is -0.400. The van der Waals surface area contributed by atoms with Crippen LogP contribution in [0.1, 0.15) is 75.7 Å². The lowest BCUT2D eigenvalue weighted by molar-refractivity contribution is -0.150. The maximum Gasteiger partial charge on any atom is 0.106 e. The molecule has 0 aromatic rings. The van der Waals surface area contributed by atoms with E-state index in [4.69, 9.17) is 4.74 Å². The molecule has 0 radical (unpaired) electrons. The van der Waals surface area contributed by atoms with E-state index >= 15 is 0 Å². The molecule has 110 valence electrons. The second kappa shape index (κ2) is 5.36. The molecule has 0 rings (SSSR count). The van der Waals surface area contributed by atoms with Crippen LogP contribution in [0.15, 0.2) is 0 Å². The average Bonchev–Trinajstić information content (AvgIpc) is 1.95. The van der Waals surface area contributed by atoms with Crippen molar-refractivity contribution < 1.29 is 4.74 Å². The molecule has 0 saturated carbocycles. The second-order valence-electron chi connectivity index (χ2n) is 8.26. The topological polar surface area (TPSA) is 9.23 Å². The average molecular weight is 275 g/mol. The van der Waals surface area contributed by atoms with Gasteiger partial charge in [-0.1, -0.05) is 41.5 Å². The molecule has 0 N–H and O–H groups in total. The van der Waals surface area contributed by atoms with Crippen molar-refractivity contribution in [3.8, 4) is 0 Å². The van der Waals surface area contributed by atoms with E-state index in [1.54, 1.807) is 0 Å². The van der Waals surface area contributed by atoms with E-state index in [2.05, 4.69) is 68.0 Å². The molecule has 0 aromatic carbocycles. The first-order valence-corrected chi connectivity index (χ1v) is 7.48. The van der Waals surface area contributed by atoms with Crippen LogP contribution in [-0.4, -0.2) is 10.5 Å². The summed E-state index contributed by atoms with van der Waals surface area (Å²) >= 11 is 4.51. The molecule has 0 aliphatic carbocycles. The lowest BCUT2D eigenvalue weighted by atomic mass is 9.63. The third-order valence-corrected chi connectivity index (χ3v) is 4.69. The SMILES string of the molecule is CC(C)C(C)(C)CC(C)(C)C(C)(C)OC(C)(C)S. The number of hydrogen-bond acceptors (Lipinski definition) is 2. The third-order valence-electron chi connectivity index (χ3n) is 4.60. The molecule has 0 fully saturated rings. The van der Waals surface area contributed by atoms with Crippen LogP contribution < -0.4 is 0 Å². The van der Waals surface area contributed by atoms with E-state index < -0.39 is 4.93 Å². The highest BCUT2D eigenvalue weighted by molar-refractivity contribution is 7.81. The van der Waals surface area contributed by atoms with Gasteiger partial charge in [-0.05, 0) is 50.9 Å². The molecule has 0 unspecified atom stereocenters. The summed E-state index contributed by atoms with van der Waals surface area (Å²) < 4.78 is 6.18. The van der Waals surface area contributed by atoms with Crippen molar-refractivity contribution in [3.05, 3.63) is 0 Å². The zero-order valence-electron chi connectivity index (χ0n) is 14.1. The van der Waals surface area contributed by atoms with Crippen LogP contribution in [0.3, 0.4) is 0 Å². The van der Waals surface area contributed by atoms with Crippen LogP contribution >= 0.6 is 12.6 Å². The Balaban J connectivity index is 5.02. The Morgan fingerprint density at radius 2 is 1.28 bits per heavy atom. The maximum absolute atomic E-state index is 6.18. The van der Waals surface area contributed by atoms with E-state index in [9.17, 15) is 0 Å². The van der Waals surface area contributed by atoms with Crippen molar-refractivity contribution in [2.45, 2.75) is 86.2 Å². The molecule has 0 saturated heterocycles. The summed E-state index contributed by atoms with van der Waals surface area (Å²) in [5.41, 5.74) is 0.204. The lowest BCUT2D eigenvalue weighted by Gasteiger charge is -2.49. The van der Waals surface area contributed by atoms with Gasteiger partial charge in [-0.15, -0.1) is 12.6 Å². The Kier molecular flexibility index (Phi) is 5.45. The summed E-state index contributed by atoms with van der Waals surface area (Å²) in [6.45, 7) is 22.3. The number of rotatable bonds is 6. The van der Waals surface area contributed by atoms with Gasteiger partial charge in [0, 0.05) is 0 Å². The van der Waals surface area contributed by atoms with Crippen LogP contribution in [0, 0.1) is 16.7 Å². The molecule has 0 aromatic heterocycles. The summed E-state index contributed by atoms with van der Waals surface area (Å²) in [6.07, 6.45) is 1.13. The van der Waals surface area contributed by atoms with Gasteiger partial charge in [0.25, 0.3) is 0 Å². The number of thiol groups is 1. The highest BCUT2D eigenvalue weighted by Gasteiger charge is 2.44. The summed E-state index contributed by atoms with van der Waals surface area (Å²) in [7, 11) is 0. The minimum absolute atomic E-state index is 0.0980. The normalized spacial score (nSPS) is 15.3. The fraction of sp³-hybridized carbons (Fsp3) is 1.00. The number of ether oxygens (including phenoxy) is 1. The molecule has 0 atom stereocenters.